The molecule has 5 nitrogen and oxygen atoms in total. The van der Waals surface area contributed by atoms with E-state index in [1.54, 1.807) is 0 Å². The van der Waals surface area contributed by atoms with E-state index in [0.717, 1.165) is 23.4 Å². The maximum atomic E-state index is 11.9. The number of rotatable bonds is 6. The van der Waals surface area contributed by atoms with Crippen LogP contribution in [0.4, 0.5) is 0 Å². The second kappa shape index (κ2) is 6.71. The first kappa shape index (κ1) is 15.4. The van der Waals surface area contributed by atoms with Crippen LogP contribution in [-0.2, 0) is 19.3 Å². The molecule has 1 aromatic carbocycles. The molecule has 4 N–H and O–H groups in total. The van der Waals surface area contributed by atoms with Crippen molar-refractivity contribution in [3.8, 4) is 0 Å². The molecular formula is C17H17ClN4O. The van der Waals surface area contributed by atoms with Crippen molar-refractivity contribution in [2.45, 2.75) is 19.3 Å². The summed E-state index contributed by atoms with van der Waals surface area (Å²) in [5, 5.41) is 7.89. The van der Waals surface area contributed by atoms with Gasteiger partial charge in [0.15, 0.2) is 0 Å². The molecule has 3 rings (SSSR count). The fraction of sp³-hybridized carbons (Fsp3) is 0.176. The molecule has 0 saturated heterocycles. The van der Waals surface area contributed by atoms with Crippen LogP contribution in [0.15, 0.2) is 42.6 Å². The third kappa shape index (κ3) is 3.63. The number of benzene rings is 1. The smallest absolute Gasteiger partial charge is 0.252 e. The minimum absolute atomic E-state index is 0.461. The van der Waals surface area contributed by atoms with Crippen molar-refractivity contribution in [3.05, 3.63) is 75.8 Å². The van der Waals surface area contributed by atoms with Crippen LogP contribution in [0.3, 0.4) is 0 Å². The number of halogens is 1. The molecule has 3 aromatic rings. The second-order valence-corrected chi connectivity index (χ2v) is 5.83. The topological polar surface area (TPSA) is 87.6 Å². The Morgan fingerprint density at radius 1 is 1.22 bits per heavy atom. The lowest BCUT2D eigenvalue weighted by Crippen LogP contribution is -2.15. The Bertz CT molecular complexity index is 808. The number of nitrogens with zero attached hydrogens (tertiary/aromatic N) is 1. The quantitative estimate of drug-likeness (QED) is 0.649. The molecule has 0 spiro atoms. The second-order valence-electron chi connectivity index (χ2n) is 5.39. The van der Waals surface area contributed by atoms with Gasteiger partial charge in [-0.1, -0.05) is 23.7 Å². The van der Waals surface area contributed by atoms with Gasteiger partial charge < -0.3 is 10.7 Å². The zero-order valence-corrected chi connectivity index (χ0v) is 13.2. The van der Waals surface area contributed by atoms with E-state index in [1.165, 1.54) is 0 Å². The van der Waals surface area contributed by atoms with E-state index in [-0.39, 0.29) is 0 Å². The lowest BCUT2D eigenvalue weighted by atomic mass is 10.0. The highest BCUT2D eigenvalue weighted by Gasteiger charge is 2.18. The minimum Gasteiger partial charge on any atom is -0.365 e. The van der Waals surface area contributed by atoms with Crippen LogP contribution in [0.5, 0.6) is 0 Å². The molecule has 2 heterocycles. The Morgan fingerprint density at radius 2 is 2.09 bits per heavy atom. The van der Waals surface area contributed by atoms with Gasteiger partial charge in [0.1, 0.15) is 0 Å². The summed E-state index contributed by atoms with van der Waals surface area (Å²) < 4.78 is 0. The van der Waals surface area contributed by atoms with E-state index >= 15 is 0 Å². The predicted molar refractivity (Wildman–Crippen MR) is 89.6 cm³/mol. The normalized spacial score (nSPS) is 10.8. The van der Waals surface area contributed by atoms with E-state index in [9.17, 15) is 4.79 Å². The van der Waals surface area contributed by atoms with Crippen LogP contribution in [0.2, 0.25) is 5.02 Å². The van der Waals surface area contributed by atoms with Crippen molar-refractivity contribution in [2.24, 2.45) is 5.73 Å². The fourth-order valence-electron chi connectivity index (χ4n) is 2.65. The van der Waals surface area contributed by atoms with Crippen LogP contribution in [0, 0.1) is 0 Å². The Hall–Kier alpha value is -2.53. The van der Waals surface area contributed by atoms with Crippen molar-refractivity contribution in [1.29, 1.82) is 0 Å². The van der Waals surface area contributed by atoms with E-state index in [0.29, 0.717) is 29.1 Å². The largest absolute Gasteiger partial charge is 0.365 e. The Balaban J connectivity index is 1.82. The van der Waals surface area contributed by atoms with E-state index in [1.807, 2.05) is 42.6 Å². The van der Waals surface area contributed by atoms with Crippen molar-refractivity contribution >= 4 is 17.5 Å². The van der Waals surface area contributed by atoms with Crippen molar-refractivity contribution in [3.63, 3.8) is 0 Å². The lowest BCUT2D eigenvalue weighted by molar-refractivity contribution is 0.0998. The number of carbonyl (C=O) groups is 1. The molecule has 1 amide bonds. The average molecular weight is 329 g/mol. The van der Waals surface area contributed by atoms with E-state index in [2.05, 4.69) is 15.2 Å². The van der Waals surface area contributed by atoms with E-state index in [4.69, 9.17) is 17.3 Å². The standard InChI is InChI=1S/C17H17ClN4O/c18-12-4-1-3-11(9-12)10-15-16(17(19)23)14(21-22-15)7-6-13-5-2-8-20-13/h1-5,8-9,20H,6-7,10H2,(H2,19,23)(H,21,22). The molecule has 6 heteroatoms. The summed E-state index contributed by atoms with van der Waals surface area (Å²) in [6.07, 6.45) is 3.83. The summed E-state index contributed by atoms with van der Waals surface area (Å²) >= 11 is 6.00. The zero-order valence-electron chi connectivity index (χ0n) is 12.5. The molecule has 0 aliphatic heterocycles. The molecule has 0 aliphatic rings. The van der Waals surface area contributed by atoms with Gasteiger partial charge in [-0.05, 0) is 42.7 Å². The molecule has 23 heavy (non-hydrogen) atoms. The summed E-state index contributed by atoms with van der Waals surface area (Å²) in [6, 6.07) is 11.5. The molecular weight excluding hydrogens is 312 g/mol. The molecule has 0 bridgehead atoms. The number of aromatic nitrogens is 3. The fourth-order valence-corrected chi connectivity index (χ4v) is 2.86. The molecule has 0 radical (unpaired) electrons. The lowest BCUT2D eigenvalue weighted by Gasteiger charge is -2.03. The highest BCUT2D eigenvalue weighted by atomic mass is 35.5. The maximum Gasteiger partial charge on any atom is 0.252 e. The SMILES string of the molecule is NC(=O)c1c(CCc2ccc[nH]2)n[nH]c1Cc1cccc(Cl)c1. The van der Waals surface area contributed by atoms with Crippen molar-refractivity contribution in [1.82, 2.24) is 15.2 Å². The van der Waals surface area contributed by atoms with Gasteiger partial charge >= 0.3 is 0 Å². The van der Waals surface area contributed by atoms with Gasteiger partial charge in [0.05, 0.1) is 17.0 Å². The predicted octanol–water partition coefficient (Wildman–Crippen LogP) is 2.87. The Morgan fingerprint density at radius 3 is 2.78 bits per heavy atom. The molecule has 2 aromatic heterocycles. The zero-order chi connectivity index (χ0) is 16.2. The molecule has 0 saturated carbocycles. The van der Waals surface area contributed by atoms with Crippen LogP contribution < -0.4 is 5.73 Å². The number of nitrogens with one attached hydrogen (secondary N) is 2. The first-order valence-corrected chi connectivity index (χ1v) is 7.74. The molecule has 0 atom stereocenters. The van der Waals surface area contributed by atoms with Gasteiger partial charge in [-0.3, -0.25) is 9.89 Å². The number of aryl methyl sites for hydroxylation is 2. The number of hydrogen-bond acceptors (Lipinski definition) is 2. The number of primary amides is 1. The molecule has 0 fully saturated rings. The number of nitrogens with two attached hydrogens (primary N) is 1. The summed E-state index contributed by atoms with van der Waals surface area (Å²) in [4.78, 5) is 15.0. The van der Waals surface area contributed by atoms with E-state index < -0.39 is 5.91 Å². The summed E-state index contributed by atoms with van der Waals surface area (Å²) in [7, 11) is 0. The Labute approximate surface area is 138 Å². The van der Waals surface area contributed by atoms with Gasteiger partial charge in [-0.2, -0.15) is 5.10 Å². The van der Waals surface area contributed by atoms with Crippen LogP contribution in [0.1, 0.15) is 33.0 Å². The molecule has 118 valence electrons. The first-order chi connectivity index (χ1) is 11.1. The summed E-state index contributed by atoms with van der Waals surface area (Å²) in [5.74, 6) is -0.461. The number of hydrogen-bond donors (Lipinski definition) is 3. The van der Waals surface area contributed by atoms with Crippen LogP contribution in [0.25, 0.3) is 0 Å². The van der Waals surface area contributed by atoms with Gasteiger partial charge in [0, 0.05) is 23.3 Å². The number of H-pyrrole nitrogens is 2. The van der Waals surface area contributed by atoms with Crippen molar-refractivity contribution < 1.29 is 4.79 Å². The molecule has 0 aliphatic carbocycles. The number of aromatic amines is 2. The summed E-state index contributed by atoms with van der Waals surface area (Å²) in [5.41, 5.74) is 9.56. The highest BCUT2D eigenvalue weighted by Crippen LogP contribution is 2.19. The number of amides is 1. The summed E-state index contributed by atoms with van der Waals surface area (Å²) in [6.45, 7) is 0. The number of carbonyl (C=O) groups excluding carboxylic acids is 1. The first-order valence-electron chi connectivity index (χ1n) is 7.36. The van der Waals surface area contributed by atoms with Crippen LogP contribution in [-0.4, -0.2) is 21.1 Å². The van der Waals surface area contributed by atoms with Gasteiger partial charge in [-0.25, -0.2) is 0 Å². The molecule has 0 unspecified atom stereocenters. The monoisotopic (exact) mass is 328 g/mol. The van der Waals surface area contributed by atoms with Gasteiger partial charge in [-0.15, -0.1) is 0 Å². The maximum absolute atomic E-state index is 11.9. The van der Waals surface area contributed by atoms with Crippen LogP contribution >= 0.6 is 11.6 Å². The third-order valence-corrected chi connectivity index (χ3v) is 3.96. The third-order valence-electron chi connectivity index (χ3n) is 3.73. The van der Waals surface area contributed by atoms with Gasteiger partial charge in [0.2, 0.25) is 0 Å². The average Bonchev–Trinajstić information content (AvgIpc) is 3.14. The van der Waals surface area contributed by atoms with Gasteiger partial charge in [0.25, 0.3) is 5.91 Å². The Kier molecular flexibility index (Phi) is 4.48. The minimum atomic E-state index is -0.461. The highest BCUT2D eigenvalue weighted by molar-refractivity contribution is 6.30. The van der Waals surface area contributed by atoms with Crippen molar-refractivity contribution in [2.75, 3.05) is 0 Å².